The number of fused-ring (bicyclic) bond motifs is 1. The number of halogens is 2. The van der Waals surface area contributed by atoms with E-state index in [1.54, 1.807) is 18.9 Å². The minimum Gasteiger partial charge on any atom is -0.502 e. The van der Waals surface area contributed by atoms with Crippen LogP contribution in [0.5, 0.6) is 5.75 Å². The van der Waals surface area contributed by atoms with E-state index in [9.17, 15) is 23.5 Å². The molecule has 0 fully saturated rings. The van der Waals surface area contributed by atoms with E-state index in [0.717, 1.165) is 18.2 Å². The molecular formula is C17H17F2N3O3. The molecule has 0 aliphatic carbocycles. The standard InChI is InChI=1S/C17H17F2N3O3/c1-10(2)21-9-20(8-11-3-4-12(18)7-13(11)19)22-6-5-14(23)16(24)15(22)17(21)25/h3-7,10,24H,8-9H2,1-2H3. The molecule has 1 aliphatic heterocycles. The lowest BCUT2D eigenvalue weighted by Crippen LogP contribution is -2.55. The molecule has 0 spiro atoms. The lowest BCUT2D eigenvalue weighted by molar-refractivity contribution is 0.0627. The van der Waals surface area contributed by atoms with Crippen molar-refractivity contribution in [2.24, 2.45) is 0 Å². The Hall–Kier alpha value is -2.90. The van der Waals surface area contributed by atoms with Crippen LogP contribution in [0.25, 0.3) is 0 Å². The Morgan fingerprint density at radius 3 is 2.56 bits per heavy atom. The van der Waals surface area contributed by atoms with E-state index in [0.29, 0.717) is 0 Å². The van der Waals surface area contributed by atoms with Crippen LogP contribution in [0, 0.1) is 11.6 Å². The van der Waals surface area contributed by atoms with Gasteiger partial charge in [0.25, 0.3) is 5.91 Å². The molecule has 6 nitrogen and oxygen atoms in total. The van der Waals surface area contributed by atoms with Crippen LogP contribution in [0.1, 0.15) is 29.9 Å². The quantitative estimate of drug-likeness (QED) is 0.918. The summed E-state index contributed by atoms with van der Waals surface area (Å²) in [5, 5.41) is 11.6. The molecular weight excluding hydrogens is 332 g/mol. The van der Waals surface area contributed by atoms with E-state index >= 15 is 0 Å². The van der Waals surface area contributed by atoms with Gasteiger partial charge in [0, 0.05) is 29.9 Å². The third kappa shape index (κ3) is 2.95. The summed E-state index contributed by atoms with van der Waals surface area (Å²) in [6.07, 6.45) is 1.36. The summed E-state index contributed by atoms with van der Waals surface area (Å²) in [7, 11) is 0. The minimum absolute atomic E-state index is 0.0257. The van der Waals surface area contributed by atoms with Crippen molar-refractivity contribution in [2.75, 3.05) is 11.7 Å². The smallest absolute Gasteiger partial charge is 0.278 e. The Morgan fingerprint density at radius 2 is 1.92 bits per heavy atom. The molecule has 0 saturated heterocycles. The van der Waals surface area contributed by atoms with E-state index in [-0.39, 0.29) is 30.5 Å². The molecule has 1 aliphatic rings. The van der Waals surface area contributed by atoms with Gasteiger partial charge in [-0.2, -0.15) is 0 Å². The number of carbonyl (C=O) groups excluding carboxylic acids is 1. The maximum absolute atomic E-state index is 14.0. The maximum Gasteiger partial charge on any atom is 0.278 e. The highest BCUT2D eigenvalue weighted by Crippen LogP contribution is 2.23. The molecule has 3 rings (SSSR count). The number of hydrogen-bond acceptors (Lipinski definition) is 4. The number of rotatable bonds is 3. The van der Waals surface area contributed by atoms with Crippen molar-refractivity contribution in [2.45, 2.75) is 26.4 Å². The normalized spacial score (nSPS) is 14.2. The number of nitrogens with zero attached hydrogens (tertiary/aromatic N) is 3. The van der Waals surface area contributed by atoms with Gasteiger partial charge in [-0.15, -0.1) is 0 Å². The number of pyridine rings is 1. The molecule has 8 heteroatoms. The second-order valence-corrected chi connectivity index (χ2v) is 6.13. The molecule has 2 heterocycles. The number of benzene rings is 1. The second-order valence-electron chi connectivity index (χ2n) is 6.13. The van der Waals surface area contributed by atoms with Gasteiger partial charge >= 0.3 is 0 Å². The molecule has 2 aromatic rings. The van der Waals surface area contributed by atoms with Crippen LogP contribution in [0.2, 0.25) is 0 Å². The largest absolute Gasteiger partial charge is 0.502 e. The van der Waals surface area contributed by atoms with Crippen LogP contribution in [0.3, 0.4) is 0 Å². The summed E-state index contributed by atoms with van der Waals surface area (Å²) in [4.78, 5) is 25.8. The summed E-state index contributed by atoms with van der Waals surface area (Å²) in [6.45, 7) is 3.74. The van der Waals surface area contributed by atoms with Crippen LogP contribution in [-0.2, 0) is 6.54 Å². The first-order chi connectivity index (χ1) is 11.8. The molecule has 25 heavy (non-hydrogen) atoms. The van der Waals surface area contributed by atoms with E-state index in [4.69, 9.17) is 0 Å². The SMILES string of the molecule is CC(C)N1CN(Cc2ccc(F)cc2F)n2ccc(=O)c(O)c2C1=O. The van der Waals surface area contributed by atoms with E-state index in [2.05, 4.69) is 0 Å². The van der Waals surface area contributed by atoms with Gasteiger partial charge in [0.2, 0.25) is 5.43 Å². The van der Waals surface area contributed by atoms with E-state index < -0.39 is 28.7 Å². The minimum atomic E-state index is -0.709. The lowest BCUT2D eigenvalue weighted by atomic mass is 10.2. The first-order valence-corrected chi connectivity index (χ1v) is 7.74. The number of aromatic hydroxyl groups is 1. The summed E-state index contributed by atoms with van der Waals surface area (Å²) in [5.41, 5.74) is -0.614. The highest BCUT2D eigenvalue weighted by Gasteiger charge is 2.33. The molecule has 132 valence electrons. The molecule has 1 amide bonds. The average molecular weight is 349 g/mol. The molecule has 0 saturated carbocycles. The highest BCUT2D eigenvalue weighted by atomic mass is 19.1. The zero-order valence-electron chi connectivity index (χ0n) is 13.7. The van der Waals surface area contributed by atoms with Gasteiger partial charge in [-0.25, -0.2) is 8.78 Å². The maximum atomic E-state index is 14.0. The van der Waals surface area contributed by atoms with Gasteiger partial charge in [-0.3, -0.25) is 19.3 Å². The van der Waals surface area contributed by atoms with Crippen LogP contribution in [0.15, 0.2) is 35.3 Å². The first kappa shape index (κ1) is 16.9. The molecule has 0 bridgehead atoms. The predicted octanol–water partition coefficient (Wildman–Crippen LogP) is 1.79. The molecule has 0 atom stereocenters. The van der Waals surface area contributed by atoms with E-state index in [1.807, 2.05) is 0 Å². The van der Waals surface area contributed by atoms with Gasteiger partial charge in [-0.1, -0.05) is 6.07 Å². The van der Waals surface area contributed by atoms with Gasteiger partial charge in [-0.05, 0) is 19.9 Å². The van der Waals surface area contributed by atoms with Crippen molar-refractivity contribution in [1.29, 1.82) is 0 Å². The fourth-order valence-electron chi connectivity index (χ4n) is 2.77. The number of hydrogen-bond donors (Lipinski definition) is 1. The predicted molar refractivity (Wildman–Crippen MR) is 86.8 cm³/mol. The number of amides is 1. The fourth-order valence-corrected chi connectivity index (χ4v) is 2.77. The van der Waals surface area contributed by atoms with Crippen LogP contribution >= 0.6 is 0 Å². The van der Waals surface area contributed by atoms with Crippen molar-refractivity contribution in [3.8, 4) is 5.75 Å². The van der Waals surface area contributed by atoms with Crippen molar-refractivity contribution in [3.63, 3.8) is 0 Å². The average Bonchev–Trinajstić information content (AvgIpc) is 2.54. The molecule has 1 N–H and O–H groups in total. The fraction of sp³-hybridized carbons (Fsp3) is 0.294. The van der Waals surface area contributed by atoms with Crippen molar-refractivity contribution in [3.05, 3.63) is 63.6 Å². The topological polar surface area (TPSA) is 65.8 Å². The number of carbonyl (C=O) groups is 1. The highest BCUT2D eigenvalue weighted by molar-refractivity contribution is 5.96. The zero-order chi connectivity index (χ0) is 18.3. The Bertz CT molecular complexity index is 895. The van der Waals surface area contributed by atoms with Gasteiger partial charge in [0.05, 0.1) is 6.54 Å². The van der Waals surface area contributed by atoms with Crippen molar-refractivity contribution < 1.29 is 18.7 Å². The van der Waals surface area contributed by atoms with Gasteiger partial charge in [0.15, 0.2) is 11.4 Å². The monoisotopic (exact) mass is 349 g/mol. The van der Waals surface area contributed by atoms with Gasteiger partial charge < -0.3 is 10.0 Å². The zero-order valence-corrected chi connectivity index (χ0v) is 13.7. The molecule has 1 aromatic heterocycles. The van der Waals surface area contributed by atoms with Crippen LogP contribution in [-0.4, -0.2) is 33.3 Å². The third-order valence-corrected chi connectivity index (χ3v) is 4.13. The van der Waals surface area contributed by atoms with E-state index in [1.165, 1.54) is 21.8 Å². The Labute approximate surface area is 142 Å². The second kappa shape index (κ2) is 6.19. The summed E-state index contributed by atoms with van der Waals surface area (Å²) in [5.74, 6) is -2.52. The molecule has 1 aromatic carbocycles. The summed E-state index contributed by atoms with van der Waals surface area (Å²) >= 11 is 0. The summed E-state index contributed by atoms with van der Waals surface area (Å²) in [6, 6.07) is 4.19. The summed E-state index contributed by atoms with van der Waals surface area (Å²) < 4.78 is 28.4. The Kier molecular flexibility index (Phi) is 4.20. The van der Waals surface area contributed by atoms with Crippen LogP contribution in [0.4, 0.5) is 8.78 Å². The van der Waals surface area contributed by atoms with Gasteiger partial charge in [0.1, 0.15) is 18.3 Å². The lowest BCUT2D eigenvalue weighted by Gasteiger charge is -2.41. The van der Waals surface area contributed by atoms with Crippen LogP contribution < -0.4 is 10.4 Å². The Morgan fingerprint density at radius 1 is 1.20 bits per heavy atom. The first-order valence-electron chi connectivity index (χ1n) is 7.74. The third-order valence-electron chi connectivity index (χ3n) is 4.13. The Balaban J connectivity index is 2.08. The van der Waals surface area contributed by atoms with Crippen molar-refractivity contribution >= 4 is 5.91 Å². The molecule has 0 radical (unpaired) electrons. The van der Waals surface area contributed by atoms with Crippen molar-refractivity contribution in [1.82, 2.24) is 9.58 Å². The molecule has 0 unspecified atom stereocenters. The number of aromatic nitrogens is 1.